The smallest absolute Gasteiger partial charge is 0.253 e. The number of carbonyl (C=O) groups excluding carboxylic acids is 2. The Morgan fingerprint density at radius 3 is 2.38 bits per heavy atom. The number of likely N-dealkylation sites (tertiary alicyclic amines) is 1. The van der Waals surface area contributed by atoms with Gasteiger partial charge >= 0.3 is 0 Å². The van der Waals surface area contributed by atoms with E-state index in [1.165, 1.54) is 12.1 Å². The molecule has 0 radical (unpaired) electrons. The molecule has 0 spiro atoms. The van der Waals surface area contributed by atoms with E-state index in [-0.39, 0.29) is 29.5 Å². The first-order valence-corrected chi connectivity index (χ1v) is 10.9. The highest BCUT2D eigenvalue weighted by Gasteiger charge is 2.41. The van der Waals surface area contributed by atoms with Crippen LogP contribution in [0.25, 0.3) is 0 Å². The first kappa shape index (κ1) is 22.0. The average molecular weight is 451 g/mol. The lowest BCUT2D eigenvalue weighted by molar-refractivity contribution is -0.125. The molecule has 2 amide bonds. The van der Waals surface area contributed by atoms with Crippen molar-refractivity contribution in [1.82, 2.24) is 10.2 Å². The van der Waals surface area contributed by atoms with Gasteiger partial charge in [-0.1, -0.05) is 48.0 Å². The van der Waals surface area contributed by atoms with Gasteiger partial charge in [0.15, 0.2) is 0 Å². The van der Waals surface area contributed by atoms with Crippen molar-refractivity contribution in [2.75, 3.05) is 13.1 Å². The van der Waals surface area contributed by atoms with Crippen LogP contribution in [0.1, 0.15) is 33.0 Å². The number of hydrogen-bond donors (Lipinski definition) is 1. The Morgan fingerprint density at radius 2 is 1.69 bits per heavy atom. The fourth-order valence-electron chi connectivity index (χ4n) is 4.25. The van der Waals surface area contributed by atoms with E-state index in [4.69, 9.17) is 11.6 Å². The monoisotopic (exact) mass is 450 g/mol. The maximum absolute atomic E-state index is 13.2. The van der Waals surface area contributed by atoms with E-state index in [2.05, 4.69) is 5.32 Å². The highest BCUT2D eigenvalue weighted by atomic mass is 35.5. The summed E-state index contributed by atoms with van der Waals surface area (Å²) in [5.74, 6) is -1.04. The predicted octanol–water partition coefficient (Wildman–Crippen LogP) is 4.96. The molecule has 1 aliphatic heterocycles. The first-order chi connectivity index (χ1) is 15.4. The number of aryl methyl sites for hydroxylation is 1. The Morgan fingerprint density at radius 1 is 1.00 bits per heavy atom. The quantitative estimate of drug-likeness (QED) is 0.597. The van der Waals surface area contributed by atoms with Crippen LogP contribution in [0.2, 0.25) is 5.02 Å². The number of amides is 2. The van der Waals surface area contributed by atoms with Gasteiger partial charge in [0.2, 0.25) is 5.91 Å². The molecule has 3 aromatic carbocycles. The topological polar surface area (TPSA) is 49.4 Å². The van der Waals surface area contributed by atoms with Gasteiger partial charge in [0.1, 0.15) is 5.82 Å². The fraction of sp³-hybridized carbons (Fsp3) is 0.231. The number of carbonyl (C=O) groups is 2. The van der Waals surface area contributed by atoms with Crippen LogP contribution in [0.3, 0.4) is 0 Å². The third kappa shape index (κ3) is 4.83. The van der Waals surface area contributed by atoms with Crippen molar-refractivity contribution in [2.24, 2.45) is 5.92 Å². The second-order valence-electron chi connectivity index (χ2n) is 8.13. The van der Waals surface area contributed by atoms with Crippen molar-refractivity contribution in [2.45, 2.75) is 19.4 Å². The van der Waals surface area contributed by atoms with Crippen LogP contribution < -0.4 is 5.32 Å². The molecule has 2 atom stereocenters. The molecule has 1 heterocycles. The summed E-state index contributed by atoms with van der Waals surface area (Å²) in [6.07, 6.45) is 0. The van der Waals surface area contributed by atoms with Crippen molar-refractivity contribution in [1.29, 1.82) is 0 Å². The van der Waals surface area contributed by atoms with E-state index in [0.29, 0.717) is 30.2 Å². The lowest BCUT2D eigenvalue weighted by atomic mass is 9.86. The number of benzene rings is 3. The van der Waals surface area contributed by atoms with Crippen LogP contribution in [0.5, 0.6) is 0 Å². The van der Waals surface area contributed by atoms with Gasteiger partial charge in [-0.2, -0.15) is 0 Å². The van der Waals surface area contributed by atoms with Gasteiger partial charge in [0.05, 0.1) is 5.92 Å². The molecule has 2 unspecified atom stereocenters. The Hall–Kier alpha value is -3.18. The van der Waals surface area contributed by atoms with Crippen molar-refractivity contribution in [3.8, 4) is 0 Å². The predicted molar refractivity (Wildman–Crippen MR) is 123 cm³/mol. The molecule has 0 aliphatic carbocycles. The summed E-state index contributed by atoms with van der Waals surface area (Å²) < 4.78 is 13.2. The first-order valence-electron chi connectivity index (χ1n) is 10.5. The molecular weight excluding hydrogens is 427 g/mol. The molecule has 0 bridgehead atoms. The zero-order valence-electron chi connectivity index (χ0n) is 17.7. The summed E-state index contributed by atoms with van der Waals surface area (Å²) >= 11 is 5.96. The SMILES string of the molecule is Cc1ccccc1C1CN(C(=O)c2ccc(Cl)cc2)CC1C(=O)NCc1ccc(F)cc1. The molecule has 1 N–H and O–H groups in total. The maximum atomic E-state index is 13.2. The van der Waals surface area contributed by atoms with E-state index in [1.807, 2.05) is 31.2 Å². The molecular formula is C26H24ClFN2O2. The highest BCUT2D eigenvalue weighted by Crippen LogP contribution is 2.35. The van der Waals surface area contributed by atoms with Gasteiger partial charge in [-0.05, 0) is 60.0 Å². The van der Waals surface area contributed by atoms with Gasteiger partial charge in [0.25, 0.3) is 5.91 Å². The van der Waals surface area contributed by atoms with E-state index in [9.17, 15) is 14.0 Å². The number of nitrogens with zero attached hydrogens (tertiary/aromatic N) is 1. The van der Waals surface area contributed by atoms with E-state index >= 15 is 0 Å². The third-order valence-electron chi connectivity index (χ3n) is 6.00. The molecule has 3 aromatic rings. The zero-order valence-corrected chi connectivity index (χ0v) is 18.5. The number of rotatable bonds is 5. The van der Waals surface area contributed by atoms with Gasteiger partial charge in [-0.25, -0.2) is 4.39 Å². The van der Waals surface area contributed by atoms with Crippen LogP contribution in [0.4, 0.5) is 4.39 Å². The van der Waals surface area contributed by atoms with Crippen molar-refractivity contribution in [3.05, 3.63) is 106 Å². The molecule has 6 heteroatoms. The molecule has 1 aliphatic rings. The van der Waals surface area contributed by atoms with Gasteiger partial charge < -0.3 is 10.2 Å². The molecule has 1 saturated heterocycles. The Kier molecular flexibility index (Phi) is 6.56. The fourth-order valence-corrected chi connectivity index (χ4v) is 4.38. The van der Waals surface area contributed by atoms with Gasteiger partial charge in [-0.15, -0.1) is 0 Å². The van der Waals surface area contributed by atoms with Crippen molar-refractivity contribution < 1.29 is 14.0 Å². The van der Waals surface area contributed by atoms with Crippen LogP contribution in [-0.2, 0) is 11.3 Å². The van der Waals surface area contributed by atoms with Crippen LogP contribution in [0, 0.1) is 18.7 Å². The Balaban J connectivity index is 1.55. The highest BCUT2D eigenvalue weighted by molar-refractivity contribution is 6.30. The summed E-state index contributed by atoms with van der Waals surface area (Å²) in [4.78, 5) is 28.0. The molecule has 0 aromatic heterocycles. The van der Waals surface area contributed by atoms with Gasteiger partial charge in [0, 0.05) is 36.1 Å². The van der Waals surface area contributed by atoms with Gasteiger partial charge in [-0.3, -0.25) is 9.59 Å². The summed E-state index contributed by atoms with van der Waals surface area (Å²) in [6, 6.07) is 20.8. The largest absolute Gasteiger partial charge is 0.352 e. The molecule has 4 nitrogen and oxygen atoms in total. The molecule has 164 valence electrons. The minimum atomic E-state index is -0.382. The van der Waals surface area contributed by atoms with Crippen LogP contribution in [-0.4, -0.2) is 29.8 Å². The molecule has 0 saturated carbocycles. The Bertz CT molecular complexity index is 1120. The second-order valence-corrected chi connectivity index (χ2v) is 8.57. The standard InChI is InChI=1S/C26H24ClFN2O2/c1-17-4-2-3-5-22(17)23-15-30(26(32)19-8-10-20(27)11-9-19)16-24(23)25(31)29-14-18-6-12-21(28)13-7-18/h2-13,23-24H,14-16H2,1H3,(H,29,31). The molecule has 1 fully saturated rings. The minimum Gasteiger partial charge on any atom is -0.352 e. The summed E-state index contributed by atoms with van der Waals surface area (Å²) in [5.41, 5.74) is 3.53. The van der Waals surface area contributed by atoms with E-state index in [1.54, 1.807) is 41.3 Å². The molecule has 4 rings (SSSR count). The second kappa shape index (κ2) is 9.53. The average Bonchev–Trinajstić information content (AvgIpc) is 3.24. The van der Waals surface area contributed by atoms with Crippen molar-refractivity contribution >= 4 is 23.4 Å². The molecule has 32 heavy (non-hydrogen) atoms. The Labute approximate surface area is 192 Å². The van der Waals surface area contributed by atoms with Crippen LogP contribution in [0.15, 0.2) is 72.8 Å². The van der Waals surface area contributed by atoms with E-state index < -0.39 is 0 Å². The minimum absolute atomic E-state index is 0.110. The zero-order chi connectivity index (χ0) is 22.7. The summed E-state index contributed by atoms with van der Waals surface area (Å²) in [6.45, 7) is 3.12. The lowest BCUT2D eigenvalue weighted by Crippen LogP contribution is -2.35. The van der Waals surface area contributed by atoms with E-state index in [0.717, 1.165) is 16.7 Å². The third-order valence-corrected chi connectivity index (χ3v) is 6.25. The normalized spacial score (nSPS) is 17.9. The summed E-state index contributed by atoms with van der Waals surface area (Å²) in [5, 5.41) is 3.54. The number of nitrogens with one attached hydrogen (secondary N) is 1. The number of halogens is 2. The maximum Gasteiger partial charge on any atom is 0.253 e. The number of hydrogen-bond acceptors (Lipinski definition) is 2. The van der Waals surface area contributed by atoms with Crippen molar-refractivity contribution in [3.63, 3.8) is 0 Å². The summed E-state index contributed by atoms with van der Waals surface area (Å²) in [7, 11) is 0. The lowest BCUT2D eigenvalue weighted by Gasteiger charge is -2.20. The van der Waals surface area contributed by atoms with Crippen LogP contribution >= 0.6 is 11.6 Å².